The summed E-state index contributed by atoms with van der Waals surface area (Å²) in [6, 6.07) is 2.81. The summed E-state index contributed by atoms with van der Waals surface area (Å²) in [5.41, 5.74) is 1.81. The molecular weight excluding hydrogens is 355 g/mol. The number of nitrogens with zero attached hydrogens (tertiary/aromatic N) is 1. The number of aliphatic hydroxyl groups excluding tert-OH is 1. The van der Waals surface area contributed by atoms with Crippen LogP contribution < -0.4 is 10.2 Å². The summed E-state index contributed by atoms with van der Waals surface area (Å²) in [6.07, 6.45) is -0.610. The second-order valence-electron chi connectivity index (χ2n) is 7.46. The minimum atomic E-state index is -1.04. The number of hydrogen-bond acceptors (Lipinski definition) is 5. The number of cyclic esters (lactones) is 1. The lowest BCUT2D eigenvalue weighted by Crippen LogP contribution is -2.40. The number of benzene rings is 1. The van der Waals surface area contributed by atoms with E-state index in [-0.39, 0.29) is 43.0 Å². The van der Waals surface area contributed by atoms with Crippen molar-refractivity contribution >= 4 is 23.5 Å². The third kappa shape index (κ3) is 3.07. The Kier molecular flexibility index (Phi) is 4.38. The molecule has 1 saturated carbocycles. The van der Waals surface area contributed by atoms with Crippen molar-refractivity contribution in [3.63, 3.8) is 0 Å². The summed E-state index contributed by atoms with van der Waals surface area (Å²) in [5.74, 6) is -1.07. The van der Waals surface area contributed by atoms with Gasteiger partial charge in [-0.15, -0.1) is 0 Å². The van der Waals surface area contributed by atoms with Crippen LogP contribution in [-0.4, -0.2) is 47.7 Å². The Morgan fingerprint density at radius 1 is 1.41 bits per heavy atom. The van der Waals surface area contributed by atoms with Crippen molar-refractivity contribution in [2.24, 2.45) is 0 Å². The van der Waals surface area contributed by atoms with E-state index in [1.54, 1.807) is 6.07 Å². The van der Waals surface area contributed by atoms with Gasteiger partial charge in [-0.2, -0.15) is 0 Å². The third-order valence-corrected chi connectivity index (χ3v) is 5.71. The van der Waals surface area contributed by atoms with E-state index in [2.05, 4.69) is 5.32 Å². The molecule has 144 valence electrons. The predicted octanol–water partition coefficient (Wildman–Crippen LogP) is 1.41. The van der Waals surface area contributed by atoms with Crippen LogP contribution in [0.2, 0.25) is 0 Å². The zero-order valence-corrected chi connectivity index (χ0v) is 14.9. The van der Waals surface area contributed by atoms with E-state index in [1.807, 2.05) is 0 Å². The lowest BCUT2D eigenvalue weighted by atomic mass is 9.81. The van der Waals surface area contributed by atoms with Crippen LogP contribution >= 0.6 is 0 Å². The van der Waals surface area contributed by atoms with E-state index in [4.69, 9.17) is 4.74 Å². The van der Waals surface area contributed by atoms with Gasteiger partial charge in [0.2, 0.25) is 5.91 Å². The van der Waals surface area contributed by atoms with Crippen LogP contribution in [0.5, 0.6) is 0 Å². The highest BCUT2D eigenvalue weighted by molar-refractivity contribution is 5.94. The van der Waals surface area contributed by atoms with Gasteiger partial charge in [-0.25, -0.2) is 9.18 Å². The lowest BCUT2D eigenvalue weighted by molar-refractivity contribution is -0.129. The van der Waals surface area contributed by atoms with Gasteiger partial charge in [0.15, 0.2) is 5.78 Å². The number of Topliss-reactive ketones (excluding diaryl/α,β-unsaturated/α-hetero) is 1. The molecule has 2 amide bonds. The van der Waals surface area contributed by atoms with Gasteiger partial charge in [0.1, 0.15) is 18.0 Å². The van der Waals surface area contributed by atoms with Crippen molar-refractivity contribution < 1.29 is 28.6 Å². The first-order valence-electron chi connectivity index (χ1n) is 9.12. The highest BCUT2D eigenvalue weighted by Crippen LogP contribution is 2.42. The molecule has 0 radical (unpaired) electrons. The molecule has 3 aliphatic rings. The van der Waals surface area contributed by atoms with Crippen LogP contribution in [0.3, 0.4) is 0 Å². The molecule has 2 heterocycles. The molecule has 2 N–H and O–H groups in total. The Bertz CT molecular complexity index is 827. The maximum atomic E-state index is 14.8. The Labute approximate surface area is 155 Å². The van der Waals surface area contributed by atoms with Crippen molar-refractivity contribution in [1.82, 2.24) is 5.32 Å². The number of carbonyl (C=O) groups excluding carboxylic acids is 3. The van der Waals surface area contributed by atoms with Gasteiger partial charge in [-0.1, -0.05) is 6.07 Å². The molecule has 4 atom stereocenters. The molecular formula is C19H21FN2O5. The molecule has 7 nitrogen and oxygen atoms in total. The summed E-state index contributed by atoms with van der Waals surface area (Å²) in [6.45, 7) is 1.60. The maximum absolute atomic E-state index is 14.8. The van der Waals surface area contributed by atoms with Gasteiger partial charge in [-0.05, 0) is 42.4 Å². The van der Waals surface area contributed by atoms with E-state index in [0.29, 0.717) is 24.1 Å². The molecule has 1 aliphatic carbocycles. The fourth-order valence-corrected chi connectivity index (χ4v) is 4.33. The van der Waals surface area contributed by atoms with Crippen LogP contribution in [0.1, 0.15) is 43.2 Å². The summed E-state index contributed by atoms with van der Waals surface area (Å²) in [4.78, 5) is 36.4. The highest BCUT2D eigenvalue weighted by atomic mass is 19.1. The number of ketones is 1. The summed E-state index contributed by atoms with van der Waals surface area (Å²) in [5, 5.41) is 12.5. The maximum Gasteiger partial charge on any atom is 0.415 e. The monoisotopic (exact) mass is 376 g/mol. The predicted molar refractivity (Wildman–Crippen MR) is 92.9 cm³/mol. The largest absolute Gasteiger partial charge is 0.442 e. The van der Waals surface area contributed by atoms with Crippen LogP contribution in [0.4, 0.5) is 14.9 Å². The number of rotatable bonds is 3. The number of hydrogen-bond donors (Lipinski definition) is 2. The van der Waals surface area contributed by atoms with Gasteiger partial charge in [0, 0.05) is 13.3 Å². The molecule has 4 rings (SSSR count). The van der Waals surface area contributed by atoms with Gasteiger partial charge in [0.05, 0.1) is 18.3 Å². The number of amides is 2. The van der Waals surface area contributed by atoms with Crippen molar-refractivity contribution in [3.8, 4) is 0 Å². The molecule has 2 fully saturated rings. The Hall–Kier alpha value is -2.48. The first-order valence-corrected chi connectivity index (χ1v) is 9.12. The Morgan fingerprint density at radius 2 is 2.19 bits per heavy atom. The topological polar surface area (TPSA) is 95.9 Å². The number of halogens is 1. The average Bonchev–Trinajstić information content (AvgIpc) is 3.12. The van der Waals surface area contributed by atoms with Gasteiger partial charge < -0.3 is 15.2 Å². The van der Waals surface area contributed by atoms with E-state index in [9.17, 15) is 23.9 Å². The zero-order valence-electron chi connectivity index (χ0n) is 14.9. The second kappa shape index (κ2) is 6.60. The van der Waals surface area contributed by atoms with Gasteiger partial charge in [-0.3, -0.25) is 14.5 Å². The van der Waals surface area contributed by atoms with Crippen molar-refractivity contribution in [2.45, 2.75) is 56.8 Å². The number of carbonyl (C=O) groups is 3. The van der Waals surface area contributed by atoms with Crippen LogP contribution in [-0.2, 0) is 20.7 Å². The smallest absolute Gasteiger partial charge is 0.415 e. The highest BCUT2D eigenvalue weighted by Gasteiger charge is 2.48. The lowest BCUT2D eigenvalue weighted by Gasteiger charge is -2.26. The fourth-order valence-electron chi connectivity index (χ4n) is 4.33. The molecule has 1 saturated heterocycles. The van der Waals surface area contributed by atoms with Crippen LogP contribution in [0.15, 0.2) is 12.1 Å². The normalized spacial score (nSPS) is 29.4. The molecule has 2 aliphatic heterocycles. The number of ether oxygens (including phenoxy) is 1. The third-order valence-electron chi connectivity index (χ3n) is 5.71. The first-order chi connectivity index (χ1) is 12.8. The summed E-state index contributed by atoms with van der Waals surface area (Å²) < 4.78 is 20.1. The summed E-state index contributed by atoms with van der Waals surface area (Å²) >= 11 is 0. The van der Waals surface area contributed by atoms with E-state index in [1.165, 1.54) is 17.9 Å². The molecule has 0 spiro atoms. The number of anilines is 1. The van der Waals surface area contributed by atoms with Crippen molar-refractivity contribution in [2.75, 3.05) is 11.4 Å². The molecule has 27 heavy (non-hydrogen) atoms. The SMILES string of the molecule is CC(=O)NC[C@@H]1OC(=O)N2c3cc(F)c(C4CCC(=O)C(O)C4)cc3C[C@@H]12. The average molecular weight is 376 g/mol. The number of fused-ring (bicyclic) bond motifs is 3. The van der Waals surface area contributed by atoms with E-state index in [0.717, 1.165) is 5.56 Å². The van der Waals surface area contributed by atoms with Gasteiger partial charge in [0.25, 0.3) is 0 Å². The van der Waals surface area contributed by atoms with Crippen molar-refractivity contribution in [3.05, 3.63) is 29.1 Å². The van der Waals surface area contributed by atoms with Crippen LogP contribution in [0, 0.1) is 5.82 Å². The fraction of sp³-hybridized carbons (Fsp3) is 0.526. The number of aliphatic hydroxyl groups is 1. The summed E-state index contributed by atoms with van der Waals surface area (Å²) in [7, 11) is 0. The Morgan fingerprint density at radius 3 is 2.89 bits per heavy atom. The molecule has 0 bridgehead atoms. The van der Waals surface area contributed by atoms with E-state index >= 15 is 0 Å². The minimum Gasteiger partial charge on any atom is -0.442 e. The zero-order chi connectivity index (χ0) is 19.3. The molecule has 0 aromatic heterocycles. The first kappa shape index (κ1) is 17.9. The minimum absolute atomic E-state index is 0.197. The number of nitrogens with one attached hydrogen (secondary N) is 1. The molecule has 2 unspecified atom stereocenters. The standard InChI is InChI=1S/C19H21FN2O5/c1-9(23)21-8-18-15-5-11-4-12(10-2-3-16(24)17(25)6-10)13(20)7-14(11)22(15)19(26)27-18/h4,7,10,15,17-18,25H,2-3,5-6,8H2,1H3,(H,21,23)/t10?,15-,17?,18-/m0/s1. The molecule has 1 aromatic rings. The molecule has 1 aromatic carbocycles. The van der Waals surface area contributed by atoms with E-state index < -0.39 is 24.1 Å². The van der Waals surface area contributed by atoms with Gasteiger partial charge >= 0.3 is 6.09 Å². The quantitative estimate of drug-likeness (QED) is 0.832. The second-order valence-corrected chi connectivity index (χ2v) is 7.46. The Balaban J connectivity index is 1.59. The molecule has 8 heteroatoms. The van der Waals surface area contributed by atoms with Crippen molar-refractivity contribution in [1.29, 1.82) is 0 Å². The van der Waals surface area contributed by atoms with Crippen LogP contribution in [0.25, 0.3) is 0 Å².